The standard InChI is InChI=1S/C22H24N4O3/c1-15-8-10-20(29-3)18(14-15)24-21-11-9-17(25-26-21)22(27)23-13-12-16-6-4-5-7-19(16)28-2/h4-11,14H,12-13H2,1-3H3,(H,23,27)(H,24,26). The fraction of sp³-hybridized carbons (Fsp3) is 0.227. The molecule has 2 N–H and O–H groups in total. The molecular weight excluding hydrogens is 368 g/mol. The van der Waals surface area contributed by atoms with E-state index in [-0.39, 0.29) is 11.6 Å². The SMILES string of the molecule is COc1ccccc1CCNC(=O)c1ccc(Nc2cc(C)ccc2OC)nn1. The van der Waals surface area contributed by atoms with Gasteiger partial charge in [-0.15, -0.1) is 10.2 Å². The van der Waals surface area contributed by atoms with Crippen molar-refractivity contribution < 1.29 is 14.3 Å². The Balaban J connectivity index is 1.58. The van der Waals surface area contributed by atoms with Crippen LogP contribution in [0.1, 0.15) is 21.6 Å². The molecule has 0 aliphatic carbocycles. The molecule has 29 heavy (non-hydrogen) atoms. The maximum atomic E-state index is 12.3. The summed E-state index contributed by atoms with van der Waals surface area (Å²) in [6.45, 7) is 2.47. The summed E-state index contributed by atoms with van der Waals surface area (Å²) in [6.07, 6.45) is 0.663. The Kier molecular flexibility index (Phi) is 6.63. The Labute approximate surface area is 170 Å². The van der Waals surface area contributed by atoms with Crippen LogP contribution in [0.5, 0.6) is 11.5 Å². The van der Waals surface area contributed by atoms with Crippen LogP contribution in [0.3, 0.4) is 0 Å². The highest BCUT2D eigenvalue weighted by Crippen LogP contribution is 2.27. The molecule has 7 heteroatoms. The number of carbonyl (C=O) groups is 1. The summed E-state index contributed by atoms with van der Waals surface area (Å²) in [4.78, 5) is 12.3. The zero-order valence-electron chi connectivity index (χ0n) is 16.7. The van der Waals surface area contributed by atoms with Crippen LogP contribution in [0.4, 0.5) is 11.5 Å². The number of hydrogen-bond donors (Lipinski definition) is 2. The minimum atomic E-state index is -0.271. The molecular formula is C22H24N4O3. The molecule has 1 heterocycles. The summed E-state index contributed by atoms with van der Waals surface area (Å²) >= 11 is 0. The van der Waals surface area contributed by atoms with Gasteiger partial charge in [-0.2, -0.15) is 0 Å². The molecule has 0 unspecified atom stereocenters. The maximum Gasteiger partial charge on any atom is 0.271 e. The number of nitrogens with zero attached hydrogens (tertiary/aromatic N) is 2. The molecule has 0 spiro atoms. The number of aryl methyl sites for hydroxylation is 1. The first-order chi connectivity index (χ1) is 14.1. The third-order valence-corrected chi connectivity index (χ3v) is 4.39. The molecule has 0 radical (unpaired) electrons. The second-order valence-corrected chi connectivity index (χ2v) is 6.45. The summed E-state index contributed by atoms with van der Waals surface area (Å²) in [5.74, 6) is 1.77. The highest BCUT2D eigenvalue weighted by Gasteiger charge is 2.10. The number of aromatic nitrogens is 2. The largest absolute Gasteiger partial charge is 0.496 e. The molecule has 0 atom stereocenters. The van der Waals surface area contributed by atoms with Crippen LogP contribution in [-0.2, 0) is 6.42 Å². The number of hydrogen-bond acceptors (Lipinski definition) is 6. The van der Waals surface area contributed by atoms with Gasteiger partial charge in [0.2, 0.25) is 0 Å². The number of ether oxygens (including phenoxy) is 2. The van der Waals surface area contributed by atoms with E-state index in [1.165, 1.54) is 0 Å². The summed E-state index contributed by atoms with van der Waals surface area (Å²) in [7, 11) is 3.24. The quantitative estimate of drug-likeness (QED) is 0.610. The highest BCUT2D eigenvalue weighted by atomic mass is 16.5. The van der Waals surface area contributed by atoms with Crippen molar-refractivity contribution in [2.75, 3.05) is 26.1 Å². The fourth-order valence-electron chi connectivity index (χ4n) is 2.89. The molecule has 3 rings (SSSR count). The lowest BCUT2D eigenvalue weighted by molar-refractivity contribution is 0.0948. The van der Waals surface area contributed by atoms with E-state index in [9.17, 15) is 4.79 Å². The van der Waals surface area contributed by atoms with Crippen molar-refractivity contribution in [1.29, 1.82) is 0 Å². The van der Waals surface area contributed by atoms with Crippen molar-refractivity contribution in [3.05, 3.63) is 71.4 Å². The number of para-hydroxylation sites is 1. The molecule has 1 amide bonds. The molecule has 1 aromatic heterocycles. The first-order valence-corrected chi connectivity index (χ1v) is 9.26. The zero-order valence-corrected chi connectivity index (χ0v) is 16.7. The van der Waals surface area contributed by atoms with Gasteiger partial charge in [-0.3, -0.25) is 4.79 Å². The first-order valence-electron chi connectivity index (χ1n) is 9.26. The lowest BCUT2D eigenvalue weighted by Crippen LogP contribution is -2.26. The Morgan fingerprint density at radius 3 is 2.48 bits per heavy atom. The minimum absolute atomic E-state index is 0.256. The number of benzene rings is 2. The van der Waals surface area contributed by atoms with E-state index in [1.54, 1.807) is 26.4 Å². The maximum absolute atomic E-state index is 12.3. The number of nitrogens with one attached hydrogen (secondary N) is 2. The van der Waals surface area contributed by atoms with Gasteiger partial charge in [0.05, 0.1) is 19.9 Å². The molecule has 0 fully saturated rings. The smallest absolute Gasteiger partial charge is 0.271 e. The summed E-state index contributed by atoms with van der Waals surface area (Å²) in [6, 6.07) is 16.9. The van der Waals surface area contributed by atoms with Gasteiger partial charge in [-0.25, -0.2) is 0 Å². The lowest BCUT2D eigenvalue weighted by atomic mass is 10.1. The van der Waals surface area contributed by atoms with E-state index in [1.807, 2.05) is 49.4 Å². The van der Waals surface area contributed by atoms with Gasteiger partial charge in [-0.1, -0.05) is 24.3 Å². The Hall–Kier alpha value is -3.61. The van der Waals surface area contributed by atoms with Crippen molar-refractivity contribution in [3.63, 3.8) is 0 Å². The molecule has 0 bridgehead atoms. The zero-order chi connectivity index (χ0) is 20.6. The minimum Gasteiger partial charge on any atom is -0.496 e. The Bertz CT molecular complexity index is 974. The van der Waals surface area contributed by atoms with E-state index >= 15 is 0 Å². The molecule has 0 aliphatic heterocycles. The number of methoxy groups -OCH3 is 2. The van der Waals surface area contributed by atoms with Gasteiger partial charge in [0.15, 0.2) is 11.5 Å². The molecule has 0 aliphatic rings. The van der Waals surface area contributed by atoms with Crippen molar-refractivity contribution >= 4 is 17.4 Å². The average Bonchev–Trinajstić information content (AvgIpc) is 2.74. The molecule has 3 aromatic rings. The molecule has 150 valence electrons. The Morgan fingerprint density at radius 2 is 1.76 bits per heavy atom. The van der Waals surface area contributed by atoms with Gasteiger partial charge >= 0.3 is 0 Å². The highest BCUT2D eigenvalue weighted by molar-refractivity contribution is 5.92. The van der Waals surface area contributed by atoms with Crippen LogP contribution < -0.4 is 20.1 Å². The topological polar surface area (TPSA) is 85.4 Å². The summed E-state index contributed by atoms with van der Waals surface area (Å²) in [5, 5.41) is 14.1. The first kappa shape index (κ1) is 20.1. The third-order valence-electron chi connectivity index (χ3n) is 4.39. The predicted molar refractivity (Wildman–Crippen MR) is 112 cm³/mol. The van der Waals surface area contributed by atoms with Gasteiger partial charge < -0.3 is 20.1 Å². The van der Waals surface area contributed by atoms with E-state index in [0.717, 1.165) is 22.6 Å². The molecule has 0 saturated carbocycles. The Morgan fingerprint density at radius 1 is 0.966 bits per heavy atom. The van der Waals surface area contributed by atoms with E-state index in [4.69, 9.17) is 9.47 Å². The second-order valence-electron chi connectivity index (χ2n) is 6.45. The molecule has 7 nitrogen and oxygen atoms in total. The van der Waals surface area contributed by atoms with Crippen LogP contribution >= 0.6 is 0 Å². The van der Waals surface area contributed by atoms with Crippen LogP contribution in [0.15, 0.2) is 54.6 Å². The van der Waals surface area contributed by atoms with Crippen molar-refractivity contribution in [2.45, 2.75) is 13.3 Å². The van der Waals surface area contributed by atoms with Gasteiger partial charge in [-0.05, 0) is 54.8 Å². The van der Waals surface area contributed by atoms with Crippen molar-refractivity contribution in [2.24, 2.45) is 0 Å². The van der Waals surface area contributed by atoms with Crippen LogP contribution in [0.25, 0.3) is 0 Å². The van der Waals surface area contributed by atoms with Gasteiger partial charge in [0.1, 0.15) is 11.5 Å². The van der Waals surface area contributed by atoms with Crippen molar-refractivity contribution in [1.82, 2.24) is 15.5 Å². The lowest BCUT2D eigenvalue weighted by Gasteiger charge is -2.11. The van der Waals surface area contributed by atoms with Gasteiger partial charge in [0, 0.05) is 6.54 Å². The average molecular weight is 392 g/mol. The van der Waals surface area contributed by atoms with E-state index in [0.29, 0.717) is 24.5 Å². The van der Waals surface area contributed by atoms with Crippen LogP contribution in [-0.4, -0.2) is 36.9 Å². The van der Waals surface area contributed by atoms with E-state index < -0.39 is 0 Å². The summed E-state index contributed by atoms with van der Waals surface area (Å²) < 4.78 is 10.7. The van der Waals surface area contributed by atoms with E-state index in [2.05, 4.69) is 20.8 Å². The van der Waals surface area contributed by atoms with Crippen LogP contribution in [0.2, 0.25) is 0 Å². The predicted octanol–water partition coefficient (Wildman–Crippen LogP) is 3.52. The van der Waals surface area contributed by atoms with Crippen LogP contribution in [0, 0.1) is 6.92 Å². The molecule has 2 aromatic carbocycles. The monoisotopic (exact) mass is 392 g/mol. The van der Waals surface area contributed by atoms with Crippen molar-refractivity contribution in [3.8, 4) is 11.5 Å². The number of amides is 1. The summed E-state index contributed by atoms with van der Waals surface area (Å²) in [5.41, 5.74) is 3.17. The number of carbonyl (C=O) groups excluding carboxylic acids is 1. The number of rotatable bonds is 8. The second kappa shape index (κ2) is 9.54. The third kappa shape index (κ3) is 5.22. The normalized spacial score (nSPS) is 10.3. The number of anilines is 2. The fourth-order valence-corrected chi connectivity index (χ4v) is 2.89. The molecule has 0 saturated heterocycles. The van der Waals surface area contributed by atoms with Gasteiger partial charge in [0.25, 0.3) is 5.91 Å².